The van der Waals surface area contributed by atoms with Gasteiger partial charge in [0.15, 0.2) is 0 Å². The van der Waals surface area contributed by atoms with Crippen LogP contribution in [0, 0.1) is 20.8 Å². The van der Waals surface area contributed by atoms with Gasteiger partial charge in [-0.05, 0) is 60.5 Å². The highest BCUT2D eigenvalue weighted by molar-refractivity contribution is 7.79. The van der Waals surface area contributed by atoms with Gasteiger partial charge in [-0.1, -0.05) is 35.9 Å². The number of aromatic amines is 1. The lowest BCUT2D eigenvalue weighted by molar-refractivity contribution is 0.536. The first-order valence-corrected chi connectivity index (χ1v) is 7.76. The summed E-state index contributed by atoms with van der Waals surface area (Å²) in [6, 6.07) is 14.0. The number of rotatable bonds is 1. The summed E-state index contributed by atoms with van der Waals surface area (Å²) in [6.45, 7) is 5.58. The maximum Gasteiger partial charge on any atom is 0.0453 e. The average molecular weight is 300 g/mol. The lowest BCUT2D eigenvalue weighted by Crippen LogP contribution is -1.97. The Kier molecular flexibility index (Phi) is 4.94. The van der Waals surface area contributed by atoms with E-state index in [-0.39, 0.29) is 0 Å². The number of para-hydroxylation sites is 1. The smallest absolute Gasteiger partial charge is 0.0453 e. The molecule has 0 radical (unpaired) electrons. The van der Waals surface area contributed by atoms with Crippen molar-refractivity contribution in [1.82, 2.24) is 4.98 Å². The van der Waals surface area contributed by atoms with E-state index >= 15 is 0 Å². The van der Waals surface area contributed by atoms with E-state index in [1.165, 1.54) is 10.9 Å². The quantitative estimate of drug-likeness (QED) is 0.690. The van der Waals surface area contributed by atoms with Crippen molar-refractivity contribution in [2.24, 2.45) is 0 Å². The third-order valence-corrected chi connectivity index (χ3v) is 4.21. The highest BCUT2D eigenvalue weighted by atomic mass is 32.2. The third-order valence-electron chi connectivity index (χ3n) is 3.23. The molecule has 1 atom stereocenters. The average Bonchev–Trinajstić information content (AvgIpc) is 2.85. The molecule has 0 saturated heterocycles. The topological polar surface area (TPSA) is 55.9 Å². The predicted octanol–water partition coefficient (Wildman–Crippen LogP) is 4.02. The second kappa shape index (κ2) is 6.70. The summed E-state index contributed by atoms with van der Waals surface area (Å²) >= 11 is -2.11. The predicted molar refractivity (Wildman–Crippen MR) is 86.1 cm³/mol. The van der Waals surface area contributed by atoms with Crippen LogP contribution in [0.3, 0.4) is 0 Å². The van der Waals surface area contributed by atoms with Gasteiger partial charge in [-0.3, -0.25) is 4.21 Å². The third kappa shape index (κ3) is 3.80. The van der Waals surface area contributed by atoms with E-state index in [1.807, 2.05) is 51.2 Å². The molecule has 2 aromatic carbocycles. The maximum atomic E-state index is 10.8. The van der Waals surface area contributed by atoms with Gasteiger partial charge in [0.2, 0.25) is 0 Å². The maximum absolute atomic E-state index is 10.8. The van der Waals surface area contributed by atoms with Crippen LogP contribution in [0.1, 0.15) is 16.7 Å². The molecule has 21 heavy (non-hydrogen) atoms. The summed E-state index contributed by atoms with van der Waals surface area (Å²) in [6.07, 6.45) is 1.95. The molecule has 3 nitrogen and oxygen atoms in total. The van der Waals surface area contributed by atoms with E-state index in [2.05, 4.69) is 23.2 Å². The van der Waals surface area contributed by atoms with Crippen molar-refractivity contribution in [3.8, 4) is 0 Å². The fourth-order valence-electron chi connectivity index (χ4n) is 2.42. The Morgan fingerprint density at radius 1 is 1.00 bits per heavy atom. The van der Waals surface area contributed by atoms with E-state index < -0.39 is 11.1 Å². The van der Waals surface area contributed by atoms with Crippen molar-refractivity contribution < 1.29 is 8.76 Å². The van der Waals surface area contributed by atoms with Crippen LogP contribution < -0.4 is 0 Å². The minimum Gasteiger partial charge on any atom is -0.768 e. The normalized spacial score (nSPS) is 11.8. The van der Waals surface area contributed by atoms with Crippen LogP contribution in [0.25, 0.3) is 10.9 Å². The Morgan fingerprint density at radius 2 is 1.62 bits per heavy atom. The molecular formula is C17H18NO2S-. The fourth-order valence-corrected chi connectivity index (χ4v) is 3.07. The second-order valence-corrected chi connectivity index (χ2v) is 5.91. The molecule has 0 bridgehead atoms. The number of hydrogen-bond acceptors (Lipinski definition) is 2. The number of hydrogen-bond donors (Lipinski definition) is 1. The Bertz CT molecular complexity index is 724. The van der Waals surface area contributed by atoms with Crippen LogP contribution in [-0.4, -0.2) is 13.7 Å². The molecule has 0 aliphatic rings. The molecule has 0 saturated carbocycles. The molecule has 1 N–H and O–H groups in total. The van der Waals surface area contributed by atoms with Crippen LogP contribution in [0.2, 0.25) is 0 Å². The van der Waals surface area contributed by atoms with Crippen molar-refractivity contribution in [1.29, 1.82) is 0 Å². The number of benzene rings is 2. The summed E-state index contributed by atoms with van der Waals surface area (Å²) in [5.74, 6) is 0. The highest BCUT2D eigenvalue weighted by Gasteiger charge is 2.02. The first-order chi connectivity index (χ1) is 9.99. The van der Waals surface area contributed by atoms with Gasteiger partial charge < -0.3 is 9.54 Å². The second-order valence-electron chi connectivity index (χ2n) is 5.03. The van der Waals surface area contributed by atoms with Crippen molar-refractivity contribution >= 4 is 22.0 Å². The van der Waals surface area contributed by atoms with Crippen LogP contribution in [0.4, 0.5) is 0 Å². The lowest BCUT2D eigenvalue weighted by Gasteiger charge is -2.12. The molecule has 0 amide bonds. The molecule has 3 rings (SSSR count). The van der Waals surface area contributed by atoms with Gasteiger partial charge >= 0.3 is 0 Å². The number of H-pyrrole nitrogens is 1. The van der Waals surface area contributed by atoms with Crippen molar-refractivity contribution in [3.63, 3.8) is 0 Å². The molecule has 3 aromatic rings. The van der Waals surface area contributed by atoms with Crippen LogP contribution in [0.5, 0.6) is 0 Å². The van der Waals surface area contributed by atoms with Gasteiger partial charge in [0.1, 0.15) is 0 Å². The molecule has 1 aromatic heterocycles. The molecule has 1 heterocycles. The lowest BCUT2D eigenvalue weighted by atomic mass is 10.1. The molecule has 0 spiro atoms. The summed E-state index contributed by atoms with van der Waals surface area (Å²) in [5.41, 5.74) is 3.94. The summed E-state index contributed by atoms with van der Waals surface area (Å²) in [5, 5.41) is 1.28. The van der Waals surface area contributed by atoms with Crippen molar-refractivity contribution in [2.45, 2.75) is 25.7 Å². The van der Waals surface area contributed by atoms with Gasteiger partial charge in [0, 0.05) is 16.6 Å². The monoisotopic (exact) mass is 300 g/mol. The minimum absolute atomic E-state index is 0.431. The van der Waals surface area contributed by atoms with Gasteiger partial charge in [-0.15, -0.1) is 0 Å². The van der Waals surface area contributed by atoms with Gasteiger partial charge in [-0.2, -0.15) is 0 Å². The zero-order valence-electron chi connectivity index (χ0n) is 12.3. The van der Waals surface area contributed by atoms with Crippen molar-refractivity contribution in [3.05, 3.63) is 65.4 Å². The Morgan fingerprint density at radius 3 is 2.19 bits per heavy atom. The van der Waals surface area contributed by atoms with Crippen LogP contribution >= 0.6 is 0 Å². The molecule has 0 fully saturated rings. The van der Waals surface area contributed by atoms with Gasteiger partial charge in [0.25, 0.3) is 0 Å². The largest absolute Gasteiger partial charge is 0.768 e. The first-order valence-electron chi connectivity index (χ1n) is 6.68. The van der Waals surface area contributed by atoms with Crippen molar-refractivity contribution in [2.75, 3.05) is 0 Å². The Hall–Kier alpha value is -1.91. The van der Waals surface area contributed by atoms with Crippen LogP contribution in [-0.2, 0) is 11.1 Å². The minimum atomic E-state index is -2.11. The molecule has 1 unspecified atom stereocenters. The Labute approximate surface area is 127 Å². The summed E-state index contributed by atoms with van der Waals surface area (Å²) < 4.78 is 21.5. The molecule has 4 heteroatoms. The van der Waals surface area contributed by atoms with E-state index in [4.69, 9.17) is 0 Å². The number of aromatic nitrogens is 1. The molecule has 110 valence electrons. The van der Waals surface area contributed by atoms with E-state index in [0.717, 1.165) is 16.7 Å². The standard InChI is InChI=1S/C9H12O2S.C8H7N/c1-6-4-7(2)9(12(10)11)8(3)5-6;1-2-4-8-7(3-1)5-6-9-8/h4-5H,1-3H3,(H,10,11);1-6,9H/p-1. The molecule has 0 aliphatic carbocycles. The number of nitrogens with one attached hydrogen (secondary N) is 1. The van der Waals surface area contributed by atoms with Gasteiger partial charge in [0.05, 0.1) is 0 Å². The van der Waals surface area contributed by atoms with Gasteiger partial charge in [-0.25, -0.2) is 0 Å². The van der Waals surface area contributed by atoms with E-state index in [0.29, 0.717) is 4.90 Å². The highest BCUT2D eigenvalue weighted by Crippen LogP contribution is 2.18. The first kappa shape index (κ1) is 15.5. The number of fused-ring (bicyclic) bond motifs is 1. The summed E-state index contributed by atoms with van der Waals surface area (Å²) in [7, 11) is 0. The fraction of sp³-hybridized carbons (Fsp3) is 0.176. The molecule has 0 aliphatic heterocycles. The Balaban J connectivity index is 0.000000159. The van der Waals surface area contributed by atoms with E-state index in [9.17, 15) is 8.76 Å². The zero-order chi connectivity index (χ0) is 15.4. The zero-order valence-corrected chi connectivity index (χ0v) is 13.2. The number of aryl methyl sites for hydroxylation is 3. The molecular weight excluding hydrogens is 282 g/mol. The SMILES string of the molecule is Cc1cc(C)c(S(=O)[O-])c(C)c1.c1ccc2[nH]ccc2c1. The van der Waals surface area contributed by atoms with E-state index in [1.54, 1.807) is 0 Å². The summed E-state index contributed by atoms with van der Waals surface area (Å²) in [4.78, 5) is 3.55. The van der Waals surface area contributed by atoms with Crippen LogP contribution in [0.15, 0.2) is 53.6 Å².